The molecule has 1 saturated carbocycles. The lowest BCUT2D eigenvalue weighted by Crippen LogP contribution is -2.50. The van der Waals surface area contributed by atoms with Crippen LogP contribution in [0.25, 0.3) is 0 Å². The Kier molecular flexibility index (Phi) is 3.44. The van der Waals surface area contributed by atoms with Crippen molar-refractivity contribution in [2.75, 3.05) is 0 Å². The van der Waals surface area contributed by atoms with Crippen molar-refractivity contribution < 1.29 is 9.90 Å². The summed E-state index contributed by atoms with van der Waals surface area (Å²) in [6.45, 7) is 11.6. The molecule has 0 aliphatic heterocycles. The van der Waals surface area contributed by atoms with E-state index in [1.807, 2.05) is 19.1 Å². The molecule has 2 nitrogen and oxygen atoms in total. The monoisotopic (exact) mass is 222 g/mol. The Labute approximate surface area is 98.1 Å². The average molecular weight is 222 g/mol. The van der Waals surface area contributed by atoms with Gasteiger partial charge in [-0.25, -0.2) is 0 Å². The Balaban J connectivity index is 3.38. The van der Waals surface area contributed by atoms with E-state index in [-0.39, 0.29) is 11.2 Å². The average Bonchev–Trinajstić information content (AvgIpc) is 2.19. The Bertz CT molecular complexity index is 339. The van der Waals surface area contributed by atoms with Crippen molar-refractivity contribution in [1.29, 1.82) is 0 Å². The van der Waals surface area contributed by atoms with E-state index in [9.17, 15) is 9.90 Å². The first kappa shape index (κ1) is 13.2. The minimum atomic E-state index is -0.709. The summed E-state index contributed by atoms with van der Waals surface area (Å²) in [7, 11) is 0. The number of Topliss-reactive ketones (excluding diaryl/α,β-unsaturated/α-hetero) is 1. The number of carbonyl (C=O) groups excluding carboxylic acids is 1. The number of rotatable bonds is 2. The first-order valence-corrected chi connectivity index (χ1v) is 5.82. The van der Waals surface area contributed by atoms with E-state index in [4.69, 9.17) is 0 Å². The maximum atomic E-state index is 12.1. The maximum Gasteiger partial charge on any atom is 0.144 e. The van der Waals surface area contributed by atoms with Gasteiger partial charge in [-0.2, -0.15) is 0 Å². The molecule has 0 heterocycles. The Morgan fingerprint density at radius 2 is 2.12 bits per heavy atom. The molecule has 0 saturated heterocycles. The minimum absolute atomic E-state index is 0.0688. The van der Waals surface area contributed by atoms with E-state index in [2.05, 4.69) is 20.4 Å². The van der Waals surface area contributed by atoms with Crippen LogP contribution in [0.2, 0.25) is 0 Å². The van der Waals surface area contributed by atoms with Crippen LogP contribution < -0.4 is 0 Å². The molecule has 2 heteroatoms. The molecular weight excluding hydrogens is 200 g/mol. The number of carbonyl (C=O) groups is 1. The van der Waals surface area contributed by atoms with E-state index in [0.29, 0.717) is 12.0 Å². The molecule has 1 N–H and O–H groups in total. The smallest absolute Gasteiger partial charge is 0.144 e. The van der Waals surface area contributed by atoms with Gasteiger partial charge in [-0.3, -0.25) is 4.79 Å². The summed E-state index contributed by atoms with van der Waals surface area (Å²) < 4.78 is 0. The van der Waals surface area contributed by atoms with Gasteiger partial charge >= 0.3 is 0 Å². The highest BCUT2D eigenvalue weighted by Crippen LogP contribution is 2.54. The lowest BCUT2D eigenvalue weighted by molar-refractivity contribution is -0.130. The van der Waals surface area contributed by atoms with Crippen LogP contribution in [0.1, 0.15) is 40.5 Å². The fourth-order valence-corrected chi connectivity index (χ4v) is 2.97. The van der Waals surface area contributed by atoms with E-state index in [0.717, 1.165) is 6.42 Å². The van der Waals surface area contributed by atoms with Crippen LogP contribution in [0.15, 0.2) is 24.3 Å². The van der Waals surface area contributed by atoms with Gasteiger partial charge in [0.25, 0.3) is 0 Å². The van der Waals surface area contributed by atoms with Crippen molar-refractivity contribution in [2.45, 2.75) is 46.6 Å². The van der Waals surface area contributed by atoms with E-state index >= 15 is 0 Å². The molecule has 1 fully saturated rings. The Morgan fingerprint density at radius 1 is 1.56 bits per heavy atom. The first-order valence-electron chi connectivity index (χ1n) is 5.82. The van der Waals surface area contributed by atoms with Crippen LogP contribution in [-0.2, 0) is 4.79 Å². The van der Waals surface area contributed by atoms with Crippen LogP contribution >= 0.6 is 0 Å². The van der Waals surface area contributed by atoms with Crippen LogP contribution in [0, 0.1) is 10.8 Å². The quantitative estimate of drug-likeness (QED) is 0.729. The molecular formula is C14H22O2. The summed E-state index contributed by atoms with van der Waals surface area (Å²) in [5.41, 5.74) is -0.240. The number of aliphatic hydroxyl groups is 1. The third-order valence-corrected chi connectivity index (χ3v) is 3.99. The van der Waals surface area contributed by atoms with Crippen molar-refractivity contribution in [3.8, 4) is 0 Å². The lowest BCUT2D eigenvalue weighted by Gasteiger charge is -2.50. The molecule has 1 aliphatic carbocycles. The molecule has 0 bridgehead atoms. The highest BCUT2D eigenvalue weighted by Gasteiger charge is 2.53. The van der Waals surface area contributed by atoms with E-state index < -0.39 is 11.5 Å². The Hall–Kier alpha value is -0.890. The summed E-state index contributed by atoms with van der Waals surface area (Å²) in [5, 5.41) is 9.94. The molecule has 0 aromatic heterocycles. The zero-order chi connectivity index (χ0) is 12.6. The largest absolute Gasteiger partial charge is 0.389 e. The van der Waals surface area contributed by atoms with Crippen molar-refractivity contribution in [3.63, 3.8) is 0 Å². The number of hydrogen-bond donors (Lipinski definition) is 1. The van der Waals surface area contributed by atoms with Gasteiger partial charge in [0.2, 0.25) is 0 Å². The summed E-state index contributed by atoms with van der Waals surface area (Å²) in [4.78, 5) is 12.1. The summed E-state index contributed by atoms with van der Waals surface area (Å²) in [6.07, 6.45) is 4.75. The molecule has 0 aromatic carbocycles. The minimum Gasteiger partial charge on any atom is -0.389 e. The van der Waals surface area contributed by atoms with Crippen LogP contribution in [0.3, 0.4) is 0 Å². The third-order valence-electron chi connectivity index (χ3n) is 3.99. The lowest BCUT2D eigenvalue weighted by atomic mass is 9.53. The van der Waals surface area contributed by atoms with E-state index in [1.165, 1.54) is 0 Å². The van der Waals surface area contributed by atoms with Crippen LogP contribution in [0.4, 0.5) is 0 Å². The first-order chi connectivity index (χ1) is 7.29. The van der Waals surface area contributed by atoms with Gasteiger partial charge in [-0.05, 0) is 37.7 Å². The standard InChI is InChI=1S/C14H22O2/c1-6-8-14(11(3)15)10(2)12(16)7-9-13(14,4)5/h6,8,12,16H,2,7,9H2,1,3-5H3/b8-6+. The molecule has 1 rings (SSSR count). The predicted molar refractivity (Wildman–Crippen MR) is 66.1 cm³/mol. The number of aliphatic hydroxyl groups excluding tert-OH is 1. The third kappa shape index (κ3) is 1.65. The molecule has 90 valence electrons. The number of hydrogen-bond acceptors (Lipinski definition) is 2. The molecule has 16 heavy (non-hydrogen) atoms. The van der Waals surface area contributed by atoms with Gasteiger partial charge in [-0.15, -0.1) is 0 Å². The highest BCUT2D eigenvalue weighted by molar-refractivity contribution is 5.89. The van der Waals surface area contributed by atoms with Gasteiger partial charge in [0, 0.05) is 0 Å². The van der Waals surface area contributed by atoms with Gasteiger partial charge in [-0.1, -0.05) is 32.6 Å². The second-order valence-electron chi connectivity index (χ2n) is 5.33. The molecule has 0 aromatic rings. The number of allylic oxidation sites excluding steroid dienone is 2. The fraction of sp³-hybridized carbons (Fsp3) is 0.643. The topological polar surface area (TPSA) is 37.3 Å². The molecule has 0 spiro atoms. The van der Waals surface area contributed by atoms with Gasteiger partial charge in [0.15, 0.2) is 0 Å². The molecule has 2 unspecified atom stereocenters. The van der Waals surface area contributed by atoms with Crippen molar-refractivity contribution in [3.05, 3.63) is 24.3 Å². The summed E-state index contributed by atoms with van der Waals surface area (Å²) >= 11 is 0. The van der Waals surface area contributed by atoms with Crippen molar-refractivity contribution >= 4 is 5.78 Å². The number of ketones is 1. The highest BCUT2D eigenvalue weighted by atomic mass is 16.3. The van der Waals surface area contributed by atoms with E-state index in [1.54, 1.807) is 6.92 Å². The second kappa shape index (κ2) is 4.17. The molecule has 1 aliphatic rings. The summed E-state index contributed by atoms with van der Waals surface area (Å²) in [6, 6.07) is 0. The predicted octanol–water partition coefficient (Wildman–Crippen LogP) is 2.88. The molecule has 2 atom stereocenters. The SMILES string of the molecule is C=C1C(O)CCC(C)(C)C1(/C=C/C)C(C)=O. The van der Waals surface area contributed by atoms with Gasteiger partial charge < -0.3 is 5.11 Å². The normalized spacial score (nSPS) is 34.3. The Morgan fingerprint density at radius 3 is 2.56 bits per heavy atom. The van der Waals surface area contributed by atoms with Crippen molar-refractivity contribution in [1.82, 2.24) is 0 Å². The van der Waals surface area contributed by atoms with Crippen LogP contribution in [-0.4, -0.2) is 17.0 Å². The van der Waals surface area contributed by atoms with Gasteiger partial charge in [0.1, 0.15) is 5.78 Å². The van der Waals surface area contributed by atoms with Crippen molar-refractivity contribution in [2.24, 2.45) is 10.8 Å². The van der Waals surface area contributed by atoms with Gasteiger partial charge in [0.05, 0.1) is 11.5 Å². The van der Waals surface area contributed by atoms with Crippen LogP contribution in [0.5, 0.6) is 0 Å². The fourth-order valence-electron chi connectivity index (χ4n) is 2.97. The zero-order valence-electron chi connectivity index (χ0n) is 10.7. The molecule has 0 amide bonds. The maximum absolute atomic E-state index is 12.1. The summed E-state index contributed by atoms with van der Waals surface area (Å²) in [5.74, 6) is 0.0688. The molecule has 0 radical (unpaired) electrons. The zero-order valence-corrected chi connectivity index (χ0v) is 10.7. The second-order valence-corrected chi connectivity index (χ2v) is 5.33.